The lowest BCUT2D eigenvalue weighted by atomic mass is 10.0. The van der Waals surface area contributed by atoms with Gasteiger partial charge in [0.15, 0.2) is 6.61 Å². The third-order valence-corrected chi connectivity index (χ3v) is 3.54. The van der Waals surface area contributed by atoms with Gasteiger partial charge in [-0.05, 0) is 47.7 Å². The maximum Gasteiger partial charge on any atom is 0.257 e. The van der Waals surface area contributed by atoms with Crippen molar-refractivity contribution in [3.63, 3.8) is 0 Å². The second kappa shape index (κ2) is 8.32. The van der Waals surface area contributed by atoms with E-state index in [0.29, 0.717) is 24.6 Å². The Morgan fingerprint density at radius 3 is 2.57 bits per heavy atom. The summed E-state index contributed by atoms with van der Waals surface area (Å²) >= 11 is 0. The summed E-state index contributed by atoms with van der Waals surface area (Å²) in [6, 6.07) is 14.1. The average Bonchev–Trinajstić information content (AvgIpc) is 2.53. The summed E-state index contributed by atoms with van der Waals surface area (Å²) in [5.41, 5.74) is 2.09. The van der Waals surface area contributed by atoms with Gasteiger partial charge in [-0.3, -0.25) is 4.79 Å². The zero-order valence-electron chi connectivity index (χ0n) is 13.5. The Hall–Kier alpha value is -2.36. The zero-order chi connectivity index (χ0) is 16.7. The molecule has 1 N–H and O–H groups in total. The number of carbonyl (C=O) groups is 1. The van der Waals surface area contributed by atoms with Crippen LogP contribution in [0.1, 0.15) is 30.9 Å². The third kappa shape index (κ3) is 5.74. The van der Waals surface area contributed by atoms with E-state index >= 15 is 0 Å². The van der Waals surface area contributed by atoms with Crippen LogP contribution in [0.4, 0.5) is 4.39 Å². The first kappa shape index (κ1) is 17.0. The lowest BCUT2D eigenvalue weighted by molar-refractivity contribution is -0.123. The zero-order valence-corrected chi connectivity index (χ0v) is 13.5. The normalized spacial score (nSPS) is 10.6. The van der Waals surface area contributed by atoms with Crippen LogP contribution in [-0.2, 0) is 11.2 Å². The minimum Gasteiger partial charge on any atom is -0.484 e. The van der Waals surface area contributed by atoms with E-state index in [1.54, 1.807) is 6.07 Å². The Morgan fingerprint density at radius 1 is 1.17 bits per heavy atom. The summed E-state index contributed by atoms with van der Waals surface area (Å²) in [7, 11) is 0. The van der Waals surface area contributed by atoms with E-state index in [1.165, 1.54) is 17.7 Å². The van der Waals surface area contributed by atoms with Crippen LogP contribution in [0, 0.1) is 5.82 Å². The van der Waals surface area contributed by atoms with Gasteiger partial charge in [0.05, 0.1) is 0 Å². The van der Waals surface area contributed by atoms with E-state index in [1.807, 2.05) is 30.3 Å². The molecule has 0 bridgehead atoms. The molecule has 0 unspecified atom stereocenters. The highest BCUT2D eigenvalue weighted by atomic mass is 19.1. The molecule has 0 spiro atoms. The van der Waals surface area contributed by atoms with Crippen LogP contribution in [0.25, 0.3) is 0 Å². The molecule has 3 nitrogen and oxygen atoms in total. The summed E-state index contributed by atoms with van der Waals surface area (Å²) in [5, 5.41) is 2.76. The first-order chi connectivity index (χ1) is 11.0. The van der Waals surface area contributed by atoms with Crippen molar-refractivity contribution in [2.24, 2.45) is 0 Å². The van der Waals surface area contributed by atoms with Gasteiger partial charge in [-0.1, -0.05) is 38.1 Å². The van der Waals surface area contributed by atoms with Crippen LogP contribution in [0.15, 0.2) is 48.5 Å². The summed E-state index contributed by atoms with van der Waals surface area (Å²) in [4.78, 5) is 11.7. The molecule has 0 aromatic heterocycles. The molecule has 0 aliphatic rings. The standard InChI is InChI=1S/C19H22FNO2/c1-14(2)16-6-8-18(9-7-16)23-13-19(22)21-11-10-15-4-3-5-17(20)12-15/h3-9,12,14H,10-11,13H2,1-2H3,(H,21,22). The maximum absolute atomic E-state index is 13.0. The van der Waals surface area contributed by atoms with Crippen LogP contribution in [0.2, 0.25) is 0 Å². The number of hydrogen-bond acceptors (Lipinski definition) is 2. The molecule has 23 heavy (non-hydrogen) atoms. The van der Waals surface area contributed by atoms with Gasteiger partial charge in [0.1, 0.15) is 11.6 Å². The van der Waals surface area contributed by atoms with Crippen LogP contribution < -0.4 is 10.1 Å². The highest BCUT2D eigenvalue weighted by Gasteiger charge is 2.04. The quantitative estimate of drug-likeness (QED) is 0.846. The first-order valence-corrected chi connectivity index (χ1v) is 7.78. The molecule has 0 radical (unpaired) electrons. The van der Waals surface area contributed by atoms with Crippen molar-refractivity contribution in [1.29, 1.82) is 0 Å². The van der Waals surface area contributed by atoms with Crippen LogP contribution in [-0.4, -0.2) is 19.1 Å². The van der Waals surface area contributed by atoms with Crippen LogP contribution in [0.3, 0.4) is 0 Å². The Kier molecular flexibility index (Phi) is 6.15. The monoisotopic (exact) mass is 315 g/mol. The number of halogens is 1. The molecule has 0 aliphatic carbocycles. The summed E-state index contributed by atoms with van der Waals surface area (Å²) in [5.74, 6) is 0.696. The topological polar surface area (TPSA) is 38.3 Å². The molecule has 2 aromatic carbocycles. The molecule has 0 fully saturated rings. The lowest BCUT2D eigenvalue weighted by Crippen LogP contribution is -2.30. The minimum atomic E-state index is -0.262. The smallest absolute Gasteiger partial charge is 0.257 e. The summed E-state index contributed by atoms with van der Waals surface area (Å²) in [6.45, 7) is 4.69. The van der Waals surface area contributed by atoms with Crippen molar-refractivity contribution in [2.75, 3.05) is 13.2 Å². The van der Waals surface area contributed by atoms with E-state index < -0.39 is 0 Å². The number of carbonyl (C=O) groups excluding carboxylic acids is 1. The highest BCUT2D eigenvalue weighted by molar-refractivity contribution is 5.77. The van der Waals surface area contributed by atoms with E-state index in [4.69, 9.17) is 4.74 Å². The molecule has 0 atom stereocenters. The summed E-state index contributed by atoms with van der Waals surface area (Å²) in [6.07, 6.45) is 0.590. The molecule has 2 aromatic rings. The third-order valence-electron chi connectivity index (χ3n) is 3.54. The van der Waals surface area contributed by atoms with Gasteiger partial charge in [0, 0.05) is 6.54 Å². The van der Waals surface area contributed by atoms with Crippen molar-refractivity contribution in [3.8, 4) is 5.75 Å². The molecular formula is C19H22FNO2. The van der Waals surface area contributed by atoms with Crippen LogP contribution >= 0.6 is 0 Å². The van der Waals surface area contributed by atoms with Crippen molar-refractivity contribution in [3.05, 3.63) is 65.5 Å². The molecule has 0 heterocycles. The Labute approximate surface area is 136 Å². The van der Waals surface area contributed by atoms with Crippen molar-refractivity contribution in [2.45, 2.75) is 26.2 Å². The number of rotatable bonds is 7. The van der Waals surface area contributed by atoms with Gasteiger partial charge in [-0.2, -0.15) is 0 Å². The van der Waals surface area contributed by atoms with Crippen LogP contribution in [0.5, 0.6) is 5.75 Å². The fraction of sp³-hybridized carbons (Fsp3) is 0.316. The Morgan fingerprint density at radius 2 is 1.91 bits per heavy atom. The van der Waals surface area contributed by atoms with E-state index in [9.17, 15) is 9.18 Å². The molecule has 0 aliphatic heterocycles. The maximum atomic E-state index is 13.0. The Balaban J connectivity index is 1.70. The first-order valence-electron chi connectivity index (χ1n) is 7.78. The Bertz CT molecular complexity index is 638. The largest absolute Gasteiger partial charge is 0.484 e. The minimum absolute atomic E-state index is 0.0236. The van der Waals surface area contributed by atoms with Gasteiger partial charge >= 0.3 is 0 Å². The van der Waals surface area contributed by atoms with E-state index in [-0.39, 0.29) is 18.3 Å². The summed E-state index contributed by atoms with van der Waals surface area (Å²) < 4.78 is 18.5. The number of nitrogens with one attached hydrogen (secondary N) is 1. The molecule has 0 saturated carbocycles. The number of amides is 1. The van der Waals surface area contributed by atoms with Crippen molar-refractivity contribution < 1.29 is 13.9 Å². The number of benzene rings is 2. The molecular weight excluding hydrogens is 293 g/mol. The highest BCUT2D eigenvalue weighted by Crippen LogP contribution is 2.18. The predicted molar refractivity (Wildman–Crippen MR) is 89.1 cm³/mol. The molecule has 122 valence electrons. The van der Waals surface area contributed by atoms with E-state index in [2.05, 4.69) is 19.2 Å². The van der Waals surface area contributed by atoms with Gasteiger partial charge in [0.25, 0.3) is 5.91 Å². The second-order valence-electron chi connectivity index (χ2n) is 5.74. The second-order valence-corrected chi connectivity index (χ2v) is 5.74. The molecule has 0 saturated heterocycles. The number of ether oxygens (including phenoxy) is 1. The molecule has 4 heteroatoms. The van der Waals surface area contributed by atoms with E-state index in [0.717, 1.165) is 5.56 Å². The van der Waals surface area contributed by atoms with Crippen molar-refractivity contribution >= 4 is 5.91 Å². The lowest BCUT2D eigenvalue weighted by Gasteiger charge is -2.09. The van der Waals surface area contributed by atoms with Gasteiger partial charge in [-0.25, -0.2) is 4.39 Å². The fourth-order valence-electron chi connectivity index (χ4n) is 2.19. The predicted octanol–water partition coefficient (Wildman–Crippen LogP) is 3.69. The van der Waals surface area contributed by atoms with Gasteiger partial charge < -0.3 is 10.1 Å². The molecule has 1 amide bonds. The van der Waals surface area contributed by atoms with Gasteiger partial charge in [0.2, 0.25) is 0 Å². The van der Waals surface area contributed by atoms with Crippen molar-refractivity contribution in [1.82, 2.24) is 5.32 Å². The number of hydrogen-bond donors (Lipinski definition) is 1. The molecule has 2 rings (SSSR count). The SMILES string of the molecule is CC(C)c1ccc(OCC(=O)NCCc2cccc(F)c2)cc1. The fourth-order valence-corrected chi connectivity index (χ4v) is 2.19. The average molecular weight is 315 g/mol. The van der Waals surface area contributed by atoms with Gasteiger partial charge in [-0.15, -0.1) is 0 Å².